The Morgan fingerprint density at radius 3 is 2.68 bits per heavy atom. The number of anilines is 1. The maximum atomic E-state index is 12.0. The Hall–Kier alpha value is -1.54. The minimum atomic E-state index is -0.267. The highest BCUT2D eigenvalue weighted by molar-refractivity contribution is 14.1. The van der Waals surface area contributed by atoms with Gasteiger partial charge in [-0.05, 0) is 52.9 Å². The van der Waals surface area contributed by atoms with Gasteiger partial charge in [-0.1, -0.05) is 18.3 Å². The zero-order valence-electron chi connectivity index (χ0n) is 9.76. The van der Waals surface area contributed by atoms with E-state index < -0.39 is 0 Å². The summed E-state index contributed by atoms with van der Waals surface area (Å²) in [6.07, 6.45) is 1.49. The molecule has 0 spiro atoms. The number of pyridine rings is 1. The highest BCUT2D eigenvalue weighted by atomic mass is 127. The van der Waals surface area contributed by atoms with Crippen molar-refractivity contribution in [3.05, 3.63) is 57.4 Å². The zero-order valence-corrected chi connectivity index (χ0v) is 12.7. The maximum Gasteiger partial charge on any atom is 0.274 e. The fourth-order valence-corrected chi connectivity index (χ4v) is 2.10. The van der Waals surface area contributed by atoms with E-state index >= 15 is 0 Å². The van der Waals surface area contributed by atoms with Gasteiger partial charge < -0.3 is 11.1 Å². The molecule has 96 valence electrons. The fraction of sp³-hybridized carbons (Fsp3) is 0. The van der Waals surface area contributed by atoms with E-state index in [2.05, 4.69) is 32.9 Å². The number of aromatic nitrogens is 1. The number of rotatable bonds is 3. The molecular weight excluding hydrogens is 373 g/mol. The number of thiocarbonyl (C=S) groups is 1. The van der Waals surface area contributed by atoms with E-state index in [1.54, 1.807) is 12.1 Å². The van der Waals surface area contributed by atoms with Crippen molar-refractivity contribution in [1.29, 1.82) is 0 Å². The molecule has 19 heavy (non-hydrogen) atoms. The van der Waals surface area contributed by atoms with Crippen LogP contribution in [-0.4, -0.2) is 15.9 Å². The van der Waals surface area contributed by atoms with E-state index in [1.165, 1.54) is 6.20 Å². The molecule has 0 unspecified atom stereocenters. The number of hydrogen-bond donors (Lipinski definition) is 2. The summed E-state index contributed by atoms with van der Waals surface area (Å²) in [5, 5.41) is 2.78. The third-order valence-electron chi connectivity index (χ3n) is 2.36. The third-order valence-corrected chi connectivity index (χ3v) is 3.27. The minimum absolute atomic E-state index is 0.261. The van der Waals surface area contributed by atoms with Gasteiger partial charge in [0.1, 0.15) is 10.7 Å². The van der Waals surface area contributed by atoms with E-state index in [0.717, 1.165) is 9.26 Å². The van der Waals surface area contributed by atoms with Crippen LogP contribution in [0.15, 0.2) is 42.6 Å². The minimum Gasteiger partial charge on any atom is -0.389 e. The van der Waals surface area contributed by atoms with Crippen molar-refractivity contribution >= 4 is 51.4 Å². The first-order valence-electron chi connectivity index (χ1n) is 5.39. The van der Waals surface area contributed by atoms with Crippen LogP contribution >= 0.6 is 34.8 Å². The lowest BCUT2D eigenvalue weighted by molar-refractivity contribution is 0.102. The van der Waals surface area contributed by atoms with Crippen LogP contribution in [-0.2, 0) is 0 Å². The molecule has 0 saturated heterocycles. The standard InChI is InChI=1S/C13H10IN3OS/c14-9-2-1-3-10(6-9)17-13(18)11-5-4-8(7-16-11)12(15)19/h1-7H,(H2,15,19)(H,17,18). The lowest BCUT2D eigenvalue weighted by Crippen LogP contribution is -2.15. The van der Waals surface area contributed by atoms with Gasteiger partial charge in [0.2, 0.25) is 0 Å². The molecule has 4 nitrogen and oxygen atoms in total. The van der Waals surface area contributed by atoms with Crippen LogP contribution in [0.2, 0.25) is 0 Å². The van der Waals surface area contributed by atoms with Crippen molar-refractivity contribution in [3.8, 4) is 0 Å². The molecular formula is C13H10IN3OS. The molecule has 3 N–H and O–H groups in total. The Balaban J connectivity index is 2.14. The number of amides is 1. The number of halogens is 1. The Bertz CT molecular complexity index is 628. The van der Waals surface area contributed by atoms with E-state index in [9.17, 15) is 4.79 Å². The Kier molecular flexibility index (Phi) is 4.43. The molecule has 6 heteroatoms. The summed E-state index contributed by atoms with van der Waals surface area (Å²) in [6, 6.07) is 10.8. The lowest BCUT2D eigenvalue weighted by Gasteiger charge is -2.05. The van der Waals surface area contributed by atoms with Crippen LogP contribution < -0.4 is 11.1 Å². The summed E-state index contributed by atoms with van der Waals surface area (Å²) in [5.74, 6) is -0.267. The molecule has 2 aromatic rings. The number of carbonyl (C=O) groups is 1. The first kappa shape index (κ1) is 13.9. The van der Waals surface area contributed by atoms with Crippen LogP contribution in [0.4, 0.5) is 5.69 Å². The van der Waals surface area contributed by atoms with Crippen molar-refractivity contribution < 1.29 is 4.79 Å². The normalized spacial score (nSPS) is 9.95. The first-order chi connectivity index (χ1) is 9.06. The van der Waals surface area contributed by atoms with Gasteiger partial charge in [-0.25, -0.2) is 0 Å². The fourth-order valence-electron chi connectivity index (χ4n) is 1.44. The first-order valence-corrected chi connectivity index (χ1v) is 6.88. The van der Waals surface area contributed by atoms with E-state index in [1.807, 2.05) is 24.3 Å². The van der Waals surface area contributed by atoms with Gasteiger partial charge in [0.15, 0.2) is 0 Å². The smallest absolute Gasteiger partial charge is 0.274 e. The van der Waals surface area contributed by atoms with Gasteiger partial charge in [0.05, 0.1) is 0 Å². The van der Waals surface area contributed by atoms with E-state index in [-0.39, 0.29) is 10.9 Å². The Morgan fingerprint density at radius 2 is 2.11 bits per heavy atom. The summed E-state index contributed by atoms with van der Waals surface area (Å²) in [6.45, 7) is 0. The van der Waals surface area contributed by atoms with Crippen LogP contribution in [0.1, 0.15) is 16.1 Å². The molecule has 0 atom stereocenters. The number of carbonyl (C=O) groups excluding carboxylic acids is 1. The van der Waals surface area contributed by atoms with E-state index in [0.29, 0.717) is 11.3 Å². The Morgan fingerprint density at radius 1 is 1.32 bits per heavy atom. The predicted octanol–water partition coefficient (Wildman–Crippen LogP) is 2.57. The number of nitrogens with one attached hydrogen (secondary N) is 1. The van der Waals surface area contributed by atoms with Crippen molar-refractivity contribution in [2.24, 2.45) is 5.73 Å². The summed E-state index contributed by atoms with van der Waals surface area (Å²) in [4.78, 5) is 16.3. The molecule has 0 aliphatic heterocycles. The molecule has 1 aromatic carbocycles. The van der Waals surface area contributed by atoms with Crippen LogP contribution in [0, 0.1) is 3.57 Å². The van der Waals surface area contributed by atoms with Crippen LogP contribution in [0.3, 0.4) is 0 Å². The molecule has 2 rings (SSSR count). The second kappa shape index (κ2) is 6.07. The van der Waals surface area contributed by atoms with Gasteiger partial charge in [0.25, 0.3) is 5.91 Å². The Labute approximate surface area is 129 Å². The van der Waals surface area contributed by atoms with E-state index in [4.69, 9.17) is 18.0 Å². The van der Waals surface area contributed by atoms with Gasteiger partial charge in [-0.15, -0.1) is 0 Å². The second-order valence-electron chi connectivity index (χ2n) is 3.76. The maximum absolute atomic E-state index is 12.0. The van der Waals surface area contributed by atoms with Crippen LogP contribution in [0.25, 0.3) is 0 Å². The van der Waals surface area contributed by atoms with Crippen molar-refractivity contribution in [3.63, 3.8) is 0 Å². The number of nitrogens with two attached hydrogens (primary N) is 1. The zero-order chi connectivity index (χ0) is 13.8. The summed E-state index contributed by atoms with van der Waals surface area (Å²) >= 11 is 7.01. The third kappa shape index (κ3) is 3.71. The van der Waals surface area contributed by atoms with Gasteiger partial charge in [-0.3, -0.25) is 9.78 Å². The SMILES string of the molecule is NC(=S)c1ccc(C(=O)Nc2cccc(I)c2)nc1. The molecule has 1 aromatic heterocycles. The van der Waals surface area contributed by atoms with Crippen molar-refractivity contribution in [1.82, 2.24) is 4.98 Å². The van der Waals surface area contributed by atoms with Gasteiger partial charge in [0, 0.05) is 21.0 Å². The highest BCUT2D eigenvalue weighted by Gasteiger charge is 2.08. The van der Waals surface area contributed by atoms with Crippen molar-refractivity contribution in [2.75, 3.05) is 5.32 Å². The van der Waals surface area contributed by atoms with Gasteiger partial charge >= 0.3 is 0 Å². The summed E-state index contributed by atoms with van der Waals surface area (Å²) in [7, 11) is 0. The predicted molar refractivity (Wildman–Crippen MR) is 87.2 cm³/mol. The average Bonchev–Trinajstić information content (AvgIpc) is 2.39. The summed E-state index contributed by atoms with van der Waals surface area (Å²) in [5.41, 5.74) is 7.16. The number of nitrogens with zero attached hydrogens (tertiary/aromatic N) is 1. The number of benzene rings is 1. The average molecular weight is 383 g/mol. The molecule has 0 aliphatic carbocycles. The molecule has 0 saturated carbocycles. The topological polar surface area (TPSA) is 68.0 Å². The monoisotopic (exact) mass is 383 g/mol. The highest BCUT2D eigenvalue weighted by Crippen LogP contribution is 2.13. The molecule has 1 amide bonds. The molecule has 0 aliphatic rings. The second-order valence-corrected chi connectivity index (χ2v) is 5.45. The quantitative estimate of drug-likeness (QED) is 0.632. The van der Waals surface area contributed by atoms with Crippen molar-refractivity contribution in [2.45, 2.75) is 0 Å². The molecule has 1 heterocycles. The van der Waals surface area contributed by atoms with Crippen LogP contribution in [0.5, 0.6) is 0 Å². The number of hydrogen-bond acceptors (Lipinski definition) is 3. The molecule has 0 fully saturated rings. The molecule has 0 bridgehead atoms. The summed E-state index contributed by atoms with van der Waals surface area (Å²) < 4.78 is 1.05. The van der Waals surface area contributed by atoms with Gasteiger partial charge in [-0.2, -0.15) is 0 Å². The molecule has 0 radical (unpaired) electrons. The lowest BCUT2D eigenvalue weighted by atomic mass is 10.2. The largest absolute Gasteiger partial charge is 0.389 e.